The van der Waals surface area contributed by atoms with Crippen LogP contribution in [0.2, 0.25) is 0 Å². The number of carbonyl (C=O) groups excluding carboxylic acids is 1. The summed E-state index contributed by atoms with van der Waals surface area (Å²) in [4.78, 5) is 33.3. The van der Waals surface area contributed by atoms with Gasteiger partial charge >= 0.3 is 12.1 Å². The minimum Gasteiger partial charge on any atom is -0.486 e. The lowest BCUT2D eigenvalue weighted by atomic mass is 9.81. The molecule has 2 aromatic carbocycles. The molecule has 0 spiro atoms. The number of carboxylic acids is 1. The minimum absolute atomic E-state index is 0.231. The molecule has 1 saturated heterocycles. The highest BCUT2D eigenvalue weighted by Gasteiger charge is 2.41. The van der Waals surface area contributed by atoms with Crippen LogP contribution >= 0.6 is 0 Å². The topological polar surface area (TPSA) is 132 Å². The van der Waals surface area contributed by atoms with Crippen molar-refractivity contribution in [3.63, 3.8) is 0 Å². The first-order valence-electron chi connectivity index (χ1n) is 15.7. The molecule has 2 aliphatic heterocycles. The zero-order chi connectivity index (χ0) is 33.9. The summed E-state index contributed by atoms with van der Waals surface area (Å²) in [6, 6.07) is 12.3. The second-order valence-corrected chi connectivity index (χ2v) is 13.9. The molecule has 0 unspecified atom stereocenters. The molecule has 11 nitrogen and oxygen atoms in total. The van der Waals surface area contributed by atoms with Gasteiger partial charge in [-0.15, -0.1) is 0 Å². The van der Waals surface area contributed by atoms with Crippen LogP contribution in [-0.4, -0.2) is 85.0 Å². The van der Waals surface area contributed by atoms with Crippen molar-refractivity contribution in [3.8, 4) is 0 Å². The van der Waals surface area contributed by atoms with E-state index in [1.54, 1.807) is 11.8 Å². The molecule has 2 heterocycles. The number of nitrogens with zero attached hydrogens (tertiary/aromatic N) is 4. The van der Waals surface area contributed by atoms with Crippen LogP contribution in [0.4, 0.5) is 10.5 Å². The van der Waals surface area contributed by atoms with E-state index in [1.165, 1.54) is 6.08 Å². The number of hydrogen-bond acceptors (Lipinski definition) is 7. The van der Waals surface area contributed by atoms with E-state index in [1.807, 2.05) is 18.2 Å². The molecule has 2 N–H and O–H groups in total. The highest BCUT2D eigenvalue weighted by atomic mass is 32.2. The maximum atomic E-state index is 12.4. The van der Waals surface area contributed by atoms with Crippen LogP contribution in [0.5, 0.6) is 0 Å². The predicted molar refractivity (Wildman–Crippen MR) is 180 cm³/mol. The molecular weight excluding hydrogens is 620 g/mol. The number of anilines is 1. The first kappa shape index (κ1) is 33.8. The van der Waals surface area contributed by atoms with E-state index in [0.717, 1.165) is 44.6 Å². The Morgan fingerprint density at radius 2 is 1.79 bits per heavy atom. The summed E-state index contributed by atoms with van der Waals surface area (Å²) >= 11 is 0. The smallest absolute Gasteiger partial charge is 0.409 e. The van der Waals surface area contributed by atoms with Crippen molar-refractivity contribution >= 4 is 38.6 Å². The number of benzene rings is 2. The Bertz CT molecular complexity index is 1860. The van der Waals surface area contributed by atoms with Crippen molar-refractivity contribution < 1.29 is 32.4 Å². The summed E-state index contributed by atoms with van der Waals surface area (Å²) in [5, 5.41) is 11.8. The Kier molecular flexibility index (Phi) is 9.79. The summed E-state index contributed by atoms with van der Waals surface area (Å²) in [6.07, 6.45) is 6.63. The zero-order valence-electron chi connectivity index (χ0n) is 26.9. The molecule has 2 aromatic rings. The lowest BCUT2D eigenvalue weighted by Gasteiger charge is -2.37. The van der Waals surface area contributed by atoms with E-state index in [9.17, 15) is 27.7 Å². The Labute approximate surface area is 275 Å². The average Bonchev–Trinajstić information content (AvgIpc) is 3.52. The molecule has 0 atom stereocenters. The van der Waals surface area contributed by atoms with Crippen molar-refractivity contribution in [2.75, 3.05) is 50.0 Å². The van der Waals surface area contributed by atoms with Crippen molar-refractivity contribution in [2.24, 2.45) is 0 Å². The fourth-order valence-electron chi connectivity index (χ4n) is 6.92. The van der Waals surface area contributed by atoms with Crippen LogP contribution < -0.4 is 4.90 Å². The largest absolute Gasteiger partial charge is 0.486 e. The van der Waals surface area contributed by atoms with Crippen LogP contribution in [0.3, 0.4) is 0 Å². The van der Waals surface area contributed by atoms with Crippen molar-refractivity contribution in [1.29, 1.82) is 0 Å². The third kappa shape index (κ3) is 7.06. The molecule has 1 amide bonds. The fraction of sp³-hybridized carbons (Fsp3) is 0.400. The Morgan fingerprint density at radius 3 is 2.45 bits per heavy atom. The average molecular weight is 661 g/mol. The molecule has 0 aromatic heterocycles. The number of ether oxygens (including phenoxy) is 1. The molecule has 1 fully saturated rings. The number of piperazine rings is 1. The second kappa shape index (κ2) is 13.6. The molecule has 248 valence electrons. The molecule has 47 heavy (non-hydrogen) atoms. The van der Waals surface area contributed by atoms with Gasteiger partial charge in [0.2, 0.25) is 0 Å². The van der Waals surface area contributed by atoms with E-state index < -0.39 is 21.5 Å². The second-order valence-electron chi connectivity index (χ2n) is 12.3. The van der Waals surface area contributed by atoms with Gasteiger partial charge in [0.1, 0.15) is 0 Å². The van der Waals surface area contributed by atoms with Crippen LogP contribution in [0.15, 0.2) is 82.9 Å². The number of rotatable bonds is 9. The lowest BCUT2D eigenvalue weighted by Crippen LogP contribution is -2.48. The Balaban J connectivity index is 1.57. The standard InChI is InChI=1S/C35H40N4O7S/c1-5-46-34(42)38-20-18-37(19-21-38)32-25(11-12-26(32)23-28(36-4)33(40)41)14-16-30-35(2,3)31-27-10-7-6-9-24(27)13-15-29(31)39(30)17-8-22-47(43,44)45/h6-7,9-10,13-16,23H,5,8,11-12,17-22H2,1-3H3,(H,40,41)(H,43,44,45)/b25-14+,28-23-,30-16+. The first-order chi connectivity index (χ1) is 22.4. The van der Waals surface area contributed by atoms with Gasteiger partial charge in [0, 0.05) is 55.2 Å². The van der Waals surface area contributed by atoms with E-state index in [4.69, 9.17) is 11.3 Å². The highest BCUT2D eigenvalue weighted by molar-refractivity contribution is 7.85. The maximum Gasteiger partial charge on any atom is 0.409 e. The van der Waals surface area contributed by atoms with Crippen molar-refractivity contribution in [3.05, 3.63) is 99.8 Å². The third-order valence-corrected chi connectivity index (χ3v) is 9.83. The number of carbonyl (C=O) groups is 2. The van der Waals surface area contributed by atoms with Gasteiger partial charge in [0.15, 0.2) is 0 Å². The predicted octanol–water partition coefficient (Wildman–Crippen LogP) is 5.74. The Hall–Kier alpha value is -4.60. The number of allylic oxidation sites excluding steroid dienone is 6. The van der Waals surface area contributed by atoms with Gasteiger partial charge in [-0.2, -0.15) is 8.42 Å². The SMILES string of the molecule is [C-]#[N+]/C(=C\C1=C(N2CCN(C(=O)OCC)CC2)C(=C/C=C2/N(CCCS(=O)(=O)O)c3ccc4ccccc4c3C2(C)C)/CC1)C(=O)O. The van der Waals surface area contributed by atoms with Gasteiger partial charge in [0.25, 0.3) is 15.8 Å². The molecule has 12 heteroatoms. The zero-order valence-corrected chi connectivity index (χ0v) is 27.7. The van der Waals surface area contributed by atoms with Gasteiger partial charge in [-0.25, -0.2) is 9.64 Å². The molecule has 3 aliphatic rings. The van der Waals surface area contributed by atoms with Gasteiger partial charge in [0.05, 0.1) is 18.9 Å². The fourth-order valence-corrected chi connectivity index (χ4v) is 7.41. The van der Waals surface area contributed by atoms with Gasteiger partial charge in [-0.3, -0.25) is 9.35 Å². The molecule has 1 aliphatic carbocycles. The summed E-state index contributed by atoms with van der Waals surface area (Å²) in [5.41, 5.74) is 4.89. The van der Waals surface area contributed by atoms with Gasteiger partial charge in [-0.1, -0.05) is 50.3 Å². The van der Waals surface area contributed by atoms with Gasteiger partial charge in [-0.05, 0) is 71.9 Å². The monoisotopic (exact) mass is 660 g/mol. The molecule has 0 bridgehead atoms. The number of aliphatic carboxylic acids is 1. The maximum absolute atomic E-state index is 12.4. The van der Waals surface area contributed by atoms with Crippen LogP contribution in [0.1, 0.15) is 45.6 Å². The highest BCUT2D eigenvalue weighted by Crippen LogP contribution is 2.51. The van der Waals surface area contributed by atoms with Crippen molar-refractivity contribution in [1.82, 2.24) is 9.80 Å². The number of amides is 1. The van der Waals surface area contributed by atoms with E-state index in [0.29, 0.717) is 45.6 Å². The van der Waals surface area contributed by atoms with E-state index in [2.05, 4.69) is 58.8 Å². The summed E-state index contributed by atoms with van der Waals surface area (Å²) in [7, 11) is -4.13. The van der Waals surface area contributed by atoms with Crippen LogP contribution in [0.25, 0.3) is 15.6 Å². The van der Waals surface area contributed by atoms with E-state index in [-0.39, 0.29) is 30.6 Å². The quantitative estimate of drug-likeness (QED) is 0.197. The molecule has 5 rings (SSSR count). The number of hydrogen-bond donors (Lipinski definition) is 2. The van der Waals surface area contributed by atoms with E-state index >= 15 is 0 Å². The number of carboxylic acid groups (broad SMARTS) is 1. The molecule has 0 saturated carbocycles. The summed E-state index contributed by atoms with van der Waals surface area (Å²) < 4.78 is 37.8. The summed E-state index contributed by atoms with van der Waals surface area (Å²) in [5.74, 6) is -1.63. The molecule has 0 radical (unpaired) electrons. The normalized spacial score (nSPS) is 19.9. The summed E-state index contributed by atoms with van der Waals surface area (Å²) in [6.45, 7) is 16.1. The van der Waals surface area contributed by atoms with Gasteiger partial charge < -0.3 is 24.5 Å². The Morgan fingerprint density at radius 1 is 1.06 bits per heavy atom. The first-order valence-corrected chi connectivity index (χ1v) is 17.4. The lowest BCUT2D eigenvalue weighted by molar-refractivity contribution is -0.132. The number of fused-ring (bicyclic) bond motifs is 3. The van der Waals surface area contributed by atoms with Crippen molar-refractivity contribution in [2.45, 2.75) is 45.4 Å². The minimum atomic E-state index is -4.13. The van der Waals surface area contributed by atoms with Crippen LogP contribution in [0, 0.1) is 6.57 Å². The van der Waals surface area contributed by atoms with Crippen LogP contribution in [-0.2, 0) is 25.1 Å². The molecular formula is C35H40N4O7S. The third-order valence-electron chi connectivity index (χ3n) is 9.02.